The Morgan fingerprint density at radius 3 is 2.45 bits per heavy atom. The lowest BCUT2D eigenvalue weighted by Gasteiger charge is -2.39. The summed E-state index contributed by atoms with van der Waals surface area (Å²) in [6, 6.07) is 8.00. The van der Waals surface area contributed by atoms with Crippen LogP contribution in [0.3, 0.4) is 0 Å². The van der Waals surface area contributed by atoms with E-state index in [4.69, 9.17) is 0 Å². The van der Waals surface area contributed by atoms with E-state index in [1.165, 1.54) is 56.1 Å². The molecule has 0 bridgehead atoms. The first-order valence-corrected chi connectivity index (χ1v) is 9.20. The standard InChI is InChI=1S/C20H31NO/c1-15-6-5-7-16(2)21(15)13-12-20(22)19-11-10-17-8-3-4-9-18(17)14-19/h10-11,14-16,20,22H,3-9,12-13H2,1-2H3. The van der Waals surface area contributed by atoms with E-state index in [0.717, 1.165) is 18.5 Å². The summed E-state index contributed by atoms with van der Waals surface area (Å²) < 4.78 is 0. The highest BCUT2D eigenvalue weighted by molar-refractivity contribution is 5.34. The summed E-state index contributed by atoms with van der Waals surface area (Å²) in [5.74, 6) is 0. The van der Waals surface area contributed by atoms with Crippen molar-refractivity contribution in [3.8, 4) is 0 Å². The minimum absolute atomic E-state index is 0.312. The molecule has 1 aliphatic heterocycles. The van der Waals surface area contributed by atoms with Gasteiger partial charge in [-0.05, 0) is 75.5 Å². The first kappa shape index (κ1) is 16.0. The third-order valence-corrected chi connectivity index (χ3v) is 5.79. The Bertz CT molecular complexity index is 488. The molecule has 122 valence electrons. The van der Waals surface area contributed by atoms with E-state index in [2.05, 4.69) is 36.9 Å². The van der Waals surface area contributed by atoms with Gasteiger partial charge in [-0.25, -0.2) is 0 Å². The number of hydrogen-bond donors (Lipinski definition) is 1. The highest BCUT2D eigenvalue weighted by atomic mass is 16.3. The maximum atomic E-state index is 10.6. The molecule has 0 spiro atoms. The lowest BCUT2D eigenvalue weighted by molar-refractivity contribution is 0.0748. The van der Waals surface area contributed by atoms with Gasteiger partial charge in [0.25, 0.3) is 0 Å². The van der Waals surface area contributed by atoms with Crippen molar-refractivity contribution in [2.45, 2.75) is 83.4 Å². The van der Waals surface area contributed by atoms with Gasteiger partial charge in [0.2, 0.25) is 0 Å². The number of benzene rings is 1. The molecule has 1 N–H and O–H groups in total. The molecule has 0 saturated carbocycles. The van der Waals surface area contributed by atoms with Gasteiger partial charge in [0.05, 0.1) is 6.10 Å². The summed E-state index contributed by atoms with van der Waals surface area (Å²) in [4.78, 5) is 2.59. The van der Waals surface area contributed by atoms with Crippen molar-refractivity contribution in [3.63, 3.8) is 0 Å². The molecule has 0 radical (unpaired) electrons. The van der Waals surface area contributed by atoms with Gasteiger partial charge in [-0.15, -0.1) is 0 Å². The van der Waals surface area contributed by atoms with Crippen LogP contribution in [0.5, 0.6) is 0 Å². The van der Waals surface area contributed by atoms with Crippen molar-refractivity contribution in [2.75, 3.05) is 6.54 Å². The molecule has 1 aromatic carbocycles. The molecule has 2 nitrogen and oxygen atoms in total. The quantitative estimate of drug-likeness (QED) is 0.898. The molecule has 1 saturated heterocycles. The summed E-state index contributed by atoms with van der Waals surface area (Å²) in [6.45, 7) is 5.68. The van der Waals surface area contributed by atoms with Crippen LogP contribution in [0.15, 0.2) is 18.2 Å². The number of aliphatic hydroxyl groups excluding tert-OH is 1. The Morgan fingerprint density at radius 1 is 1.05 bits per heavy atom. The monoisotopic (exact) mass is 301 g/mol. The lowest BCUT2D eigenvalue weighted by atomic mass is 9.89. The van der Waals surface area contributed by atoms with E-state index in [9.17, 15) is 5.11 Å². The molecular weight excluding hydrogens is 270 g/mol. The average Bonchev–Trinajstić information content (AvgIpc) is 2.53. The van der Waals surface area contributed by atoms with Gasteiger partial charge >= 0.3 is 0 Å². The Morgan fingerprint density at radius 2 is 1.73 bits per heavy atom. The zero-order chi connectivity index (χ0) is 15.5. The van der Waals surface area contributed by atoms with E-state index in [-0.39, 0.29) is 6.10 Å². The first-order valence-electron chi connectivity index (χ1n) is 9.20. The van der Waals surface area contributed by atoms with Gasteiger partial charge in [0, 0.05) is 18.6 Å². The maximum Gasteiger partial charge on any atom is 0.0802 e. The molecule has 0 aromatic heterocycles. The highest BCUT2D eigenvalue weighted by Gasteiger charge is 2.25. The SMILES string of the molecule is CC1CCCC(C)N1CCC(O)c1ccc2c(c1)CCCC2. The zero-order valence-corrected chi connectivity index (χ0v) is 14.2. The minimum atomic E-state index is -0.312. The van der Waals surface area contributed by atoms with Gasteiger partial charge in [0.1, 0.15) is 0 Å². The van der Waals surface area contributed by atoms with Crippen LogP contribution in [0.1, 0.15) is 75.2 Å². The second-order valence-electron chi connectivity index (χ2n) is 7.41. The van der Waals surface area contributed by atoms with Crippen LogP contribution in [0, 0.1) is 0 Å². The Labute approximate surface area is 135 Å². The van der Waals surface area contributed by atoms with Crippen molar-refractivity contribution in [1.82, 2.24) is 4.90 Å². The van der Waals surface area contributed by atoms with Crippen LogP contribution in [0.4, 0.5) is 0 Å². The van der Waals surface area contributed by atoms with Gasteiger partial charge in [0.15, 0.2) is 0 Å². The van der Waals surface area contributed by atoms with Crippen LogP contribution in [0.25, 0.3) is 0 Å². The van der Waals surface area contributed by atoms with E-state index >= 15 is 0 Å². The minimum Gasteiger partial charge on any atom is -0.388 e. The molecule has 1 aromatic rings. The maximum absolute atomic E-state index is 10.6. The third-order valence-electron chi connectivity index (χ3n) is 5.79. The molecule has 1 aliphatic carbocycles. The number of nitrogens with zero attached hydrogens (tertiary/aromatic N) is 1. The zero-order valence-electron chi connectivity index (χ0n) is 14.2. The number of aliphatic hydroxyl groups is 1. The summed E-state index contributed by atoms with van der Waals surface area (Å²) in [5.41, 5.74) is 4.10. The van der Waals surface area contributed by atoms with E-state index in [1.54, 1.807) is 0 Å². The molecule has 2 heteroatoms. The fourth-order valence-corrected chi connectivity index (χ4v) is 4.31. The fourth-order valence-electron chi connectivity index (χ4n) is 4.31. The third kappa shape index (κ3) is 3.55. The summed E-state index contributed by atoms with van der Waals surface area (Å²) in [7, 11) is 0. The molecule has 0 amide bonds. The van der Waals surface area contributed by atoms with E-state index < -0.39 is 0 Å². The highest BCUT2D eigenvalue weighted by Crippen LogP contribution is 2.28. The molecule has 1 fully saturated rings. The van der Waals surface area contributed by atoms with Crippen LogP contribution in [-0.2, 0) is 12.8 Å². The van der Waals surface area contributed by atoms with Crippen molar-refractivity contribution in [1.29, 1.82) is 0 Å². The van der Waals surface area contributed by atoms with Gasteiger partial charge in [-0.1, -0.05) is 24.6 Å². The Kier molecular flexibility index (Phi) is 5.20. The van der Waals surface area contributed by atoms with E-state index in [0.29, 0.717) is 12.1 Å². The van der Waals surface area contributed by atoms with Crippen molar-refractivity contribution >= 4 is 0 Å². The summed E-state index contributed by atoms with van der Waals surface area (Å²) >= 11 is 0. The molecule has 2 aliphatic rings. The van der Waals surface area contributed by atoms with Crippen LogP contribution < -0.4 is 0 Å². The van der Waals surface area contributed by atoms with Crippen molar-refractivity contribution in [3.05, 3.63) is 34.9 Å². The second-order valence-corrected chi connectivity index (χ2v) is 7.41. The largest absolute Gasteiger partial charge is 0.388 e. The fraction of sp³-hybridized carbons (Fsp3) is 0.700. The Hall–Kier alpha value is -0.860. The number of piperidine rings is 1. The van der Waals surface area contributed by atoms with Gasteiger partial charge in [-0.3, -0.25) is 4.90 Å². The van der Waals surface area contributed by atoms with E-state index in [1.807, 2.05) is 0 Å². The first-order chi connectivity index (χ1) is 10.6. The Balaban J connectivity index is 1.60. The average molecular weight is 301 g/mol. The molecule has 1 heterocycles. The number of fused-ring (bicyclic) bond motifs is 1. The molecule has 22 heavy (non-hydrogen) atoms. The van der Waals surface area contributed by atoms with Crippen LogP contribution in [0.2, 0.25) is 0 Å². The molecule has 3 unspecified atom stereocenters. The summed E-state index contributed by atoms with van der Waals surface area (Å²) in [6.07, 6.45) is 9.53. The predicted molar refractivity (Wildman–Crippen MR) is 92.1 cm³/mol. The smallest absolute Gasteiger partial charge is 0.0802 e. The normalized spacial score (nSPS) is 27.4. The number of aryl methyl sites for hydroxylation is 2. The topological polar surface area (TPSA) is 23.5 Å². The number of hydrogen-bond acceptors (Lipinski definition) is 2. The second kappa shape index (κ2) is 7.14. The van der Waals surface area contributed by atoms with Crippen molar-refractivity contribution in [2.24, 2.45) is 0 Å². The van der Waals surface area contributed by atoms with Crippen molar-refractivity contribution < 1.29 is 5.11 Å². The van der Waals surface area contributed by atoms with Gasteiger partial charge < -0.3 is 5.11 Å². The molecular formula is C20H31NO. The summed E-state index contributed by atoms with van der Waals surface area (Å²) in [5, 5.41) is 10.6. The molecule has 3 rings (SSSR count). The van der Waals surface area contributed by atoms with Gasteiger partial charge in [-0.2, -0.15) is 0 Å². The number of rotatable bonds is 4. The van der Waals surface area contributed by atoms with Crippen LogP contribution >= 0.6 is 0 Å². The number of likely N-dealkylation sites (tertiary alicyclic amines) is 1. The predicted octanol–water partition coefficient (Wildman–Crippen LogP) is 4.25. The van der Waals surface area contributed by atoms with Crippen LogP contribution in [-0.4, -0.2) is 28.6 Å². The molecule has 3 atom stereocenters. The lowest BCUT2D eigenvalue weighted by Crippen LogP contribution is -2.44.